The second-order valence-electron chi connectivity index (χ2n) is 4.54. The maximum atomic E-state index is 11.7. The summed E-state index contributed by atoms with van der Waals surface area (Å²) in [5.74, 6) is 1.03. The lowest BCUT2D eigenvalue weighted by Crippen LogP contribution is -2.00. The fourth-order valence-electron chi connectivity index (χ4n) is 1.96. The minimum absolute atomic E-state index is 0.238. The molecule has 1 aliphatic rings. The van der Waals surface area contributed by atoms with Crippen molar-refractivity contribution in [3.05, 3.63) is 65.7 Å². The van der Waals surface area contributed by atoms with Crippen LogP contribution in [0.25, 0.3) is 6.08 Å². The molecule has 0 atom stereocenters. The Labute approximate surface area is 122 Å². The Bertz CT molecular complexity index is 662. The number of ether oxygens (including phenoxy) is 3. The van der Waals surface area contributed by atoms with Crippen LogP contribution in [-0.4, -0.2) is 12.8 Å². The van der Waals surface area contributed by atoms with Crippen molar-refractivity contribution in [2.45, 2.75) is 6.61 Å². The van der Waals surface area contributed by atoms with Gasteiger partial charge < -0.3 is 14.2 Å². The topological polar surface area (TPSA) is 44.8 Å². The summed E-state index contributed by atoms with van der Waals surface area (Å²) in [5, 5.41) is 0. The molecule has 0 unspecified atom stereocenters. The van der Waals surface area contributed by atoms with Gasteiger partial charge in [0.25, 0.3) is 0 Å². The molecule has 3 rings (SSSR count). The van der Waals surface area contributed by atoms with Crippen LogP contribution >= 0.6 is 0 Å². The van der Waals surface area contributed by atoms with E-state index in [1.54, 1.807) is 6.08 Å². The van der Waals surface area contributed by atoms with Gasteiger partial charge in [0.1, 0.15) is 6.61 Å². The van der Waals surface area contributed by atoms with E-state index in [9.17, 15) is 4.79 Å². The van der Waals surface area contributed by atoms with Crippen LogP contribution in [0.2, 0.25) is 0 Å². The second kappa shape index (κ2) is 6.13. The fourth-order valence-corrected chi connectivity index (χ4v) is 1.96. The summed E-state index contributed by atoms with van der Waals surface area (Å²) in [6, 6.07) is 15.1. The molecule has 0 amide bonds. The van der Waals surface area contributed by atoms with Crippen molar-refractivity contribution in [1.29, 1.82) is 0 Å². The summed E-state index contributed by atoms with van der Waals surface area (Å²) < 4.78 is 15.7. The van der Waals surface area contributed by atoms with Gasteiger partial charge in [0.15, 0.2) is 11.5 Å². The third-order valence-electron chi connectivity index (χ3n) is 3.03. The molecular formula is C17H14O4. The number of fused-ring (bicyclic) bond motifs is 1. The van der Waals surface area contributed by atoms with E-state index in [1.165, 1.54) is 6.08 Å². The van der Waals surface area contributed by atoms with E-state index in [2.05, 4.69) is 0 Å². The number of hydrogen-bond donors (Lipinski definition) is 0. The van der Waals surface area contributed by atoms with Crippen LogP contribution < -0.4 is 9.47 Å². The Morgan fingerprint density at radius 3 is 2.76 bits per heavy atom. The van der Waals surface area contributed by atoms with Crippen molar-refractivity contribution in [2.75, 3.05) is 6.79 Å². The van der Waals surface area contributed by atoms with Gasteiger partial charge in [-0.2, -0.15) is 0 Å². The maximum absolute atomic E-state index is 11.7. The normalized spacial score (nSPS) is 12.6. The third-order valence-corrected chi connectivity index (χ3v) is 3.03. The molecule has 0 saturated carbocycles. The highest BCUT2D eigenvalue weighted by Crippen LogP contribution is 2.32. The van der Waals surface area contributed by atoms with E-state index in [1.807, 2.05) is 48.5 Å². The van der Waals surface area contributed by atoms with Crippen molar-refractivity contribution in [3.8, 4) is 11.5 Å². The van der Waals surface area contributed by atoms with Gasteiger partial charge in [-0.25, -0.2) is 4.79 Å². The van der Waals surface area contributed by atoms with Gasteiger partial charge in [-0.3, -0.25) is 0 Å². The highest BCUT2D eigenvalue weighted by atomic mass is 16.7. The van der Waals surface area contributed by atoms with Crippen LogP contribution in [0.4, 0.5) is 0 Å². The highest BCUT2D eigenvalue weighted by molar-refractivity contribution is 5.87. The van der Waals surface area contributed by atoms with Gasteiger partial charge in [-0.1, -0.05) is 36.4 Å². The molecular weight excluding hydrogens is 268 g/mol. The van der Waals surface area contributed by atoms with E-state index in [4.69, 9.17) is 14.2 Å². The van der Waals surface area contributed by atoms with E-state index in [0.717, 1.165) is 16.9 Å². The number of carbonyl (C=O) groups is 1. The van der Waals surface area contributed by atoms with Gasteiger partial charge in [0.05, 0.1) is 0 Å². The number of benzene rings is 2. The monoisotopic (exact) mass is 282 g/mol. The zero-order valence-corrected chi connectivity index (χ0v) is 11.3. The standard InChI is InChI=1S/C17H14O4/c18-17(19-11-14-4-2-1-3-5-14)9-7-13-6-8-15-16(10-13)21-12-20-15/h1-10H,11-12H2. The third kappa shape index (κ3) is 3.42. The lowest BCUT2D eigenvalue weighted by atomic mass is 10.2. The summed E-state index contributed by atoms with van der Waals surface area (Å²) in [6.07, 6.45) is 3.09. The molecule has 0 bridgehead atoms. The molecule has 2 aromatic rings. The van der Waals surface area contributed by atoms with Crippen LogP contribution in [0.1, 0.15) is 11.1 Å². The highest BCUT2D eigenvalue weighted by Gasteiger charge is 2.12. The molecule has 4 nitrogen and oxygen atoms in total. The van der Waals surface area contributed by atoms with Crippen molar-refractivity contribution in [1.82, 2.24) is 0 Å². The molecule has 0 aromatic heterocycles. The second-order valence-corrected chi connectivity index (χ2v) is 4.54. The number of carbonyl (C=O) groups excluding carboxylic acids is 1. The summed E-state index contributed by atoms with van der Waals surface area (Å²) in [4.78, 5) is 11.7. The molecule has 106 valence electrons. The minimum atomic E-state index is -0.378. The van der Waals surface area contributed by atoms with Gasteiger partial charge in [-0.05, 0) is 29.3 Å². The Balaban J connectivity index is 1.57. The Morgan fingerprint density at radius 2 is 1.90 bits per heavy atom. The van der Waals surface area contributed by atoms with Gasteiger partial charge in [-0.15, -0.1) is 0 Å². The van der Waals surface area contributed by atoms with E-state index < -0.39 is 0 Å². The Hall–Kier alpha value is -2.75. The predicted molar refractivity (Wildman–Crippen MR) is 77.8 cm³/mol. The summed E-state index contributed by atoms with van der Waals surface area (Å²) in [6.45, 7) is 0.507. The zero-order chi connectivity index (χ0) is 14.5. The van der Waals surface area contributed by atoms with Crippen molar-refractivity contribution < 1.29 is 19.0 Å². The van der Waals surface area contributed by atoms with E-state index in [-0.39, 0.29) is 19.4 Å². The molecule has 2 aromatic carbocycles. The molecule has 0 fully saturated rings. The molecule has 21 heavy (non-hydrogen) atoms. The largest absolute Gasteiger partial charge is 0.458 e. The maximum Gasteiger partial charge on any atom is 0.331 e. The number of rotatable bonds is 4. The zero-order valence-electron chi connectivity index (χ0n) is 11.3. The van der Waals surface area contributed by atoms with Crippen molar-refractivity contribution in [2.24, 2.45) is 0 Å². The molecule has 0 saturated heterocycles. The van der Waals surface area contributed by atoms with E-state index >= 15 is 0 Å². The van der Waals surface area contributed by atoms with Crippen molar-refractivity contribution >= 4 is 12.0 Å². The van der Waals surface area contributed by atoms with Gasteiger partial charge in [0.2, 0.25) is 6.79 Å². The van der Waals surface area contributed by atoms with E-state index in [0.29, 0.717) is 5.75 Å². The summed E-state index contributed by atoms with van der Waals surface area (Å²) in [5.41, 5.74) is 1.82. The smallest absolute Gasteiger partial charge is 0.331 e. The summed E-state index contributed by atoms with van der Waals surface area (Å²) in [7, 11) is 0. The Kier molecular flexibility index (Phi) is 3.87. The first kappa shape index (κ1) is 13.2. The Morgan fingerprint density at radius 1 is 1.10 bits per heavy atom. The number of hydrogen-bond acceptors (Lipinski definition) is 4. The van der Waals surface area contributed by atoms with Gasteiger partial charge >= 0.3 is 5.97 Å². The first-order valence-electron chi connectivity index (χ1n) is 6.60. The van der Waals surface area contributed by atoms with Crippen LogP contribution in [-0.2, 0) is 16.1 Å². The fraction of sp³-hybridized carbons (Fsp3) is 0.118. The van der Waals surface area contributed by atoms with Crippen LogP contribution in [0.3, 0.4) is 0 Å². The quantitative estimate of drug-likeness (QED) is 0.638. The lowest BCUT2D eigenvalue weighted by Gasteiger charge is -2.01. The van der Waals surface area contributed by atoms with Crippen molar-refractivity contribution in [3.63, 3.8) is 0 Å². The van der Waals surface area contributed by atoms with Crippen LogP contribution in [0, 0.1) is 0 Å². The predicted octanol–water partition coefficient (Wildman–Crippen LogP) is 3.17. The summed E-state index contributed by atoms with van der Waals surface area (Å²) >= 11 is 0. The molecule has 1 aliphatic heterocycles. The average Bonchev–Trinajstić information content (AvgIpc) is 2.99. The SMILES string of the molecule is O=C(C=Cc1ccc2c(c1)OCO2)OCc1ccccc1. The average molecular weight is 282 g/mol. The molecule has 0 spiro atoms. The molecule has 1 heterocycles. The van der Waals surface area contributed by atoms with Crippen LogP contribution in [0.5, 0.6) is 11.5 Å². The lowest BCUT2D eigenvalue weighted by molar-refractivity contribution is -0.138. The molecule has 0 N–H and O–H groups in total. The minimum Gasteiger partial charge on any atom is -0.458 e. The first-order chi connectivity index (χ1) is 10.3. The first-order valence-corrected chi connectivity index (χ1v) is 6.60. The van der Waals surface area contributed by atoms with Gasteiger partial charge in [0, 0.05) is 6.08 Å². The molecule has 0 radical (unpaired) electrons. The molecule has 0 aliphatic carbocycles. The number of esters is 1. The van der Waals surface area contributed by atoms with Crippen LogP contribution in [0.15, 0.2) is 54.6 Å². The molecule has 4 heteroatoms.